The van der Waals surface area contributed by atoms with Crippen LogP contribution in [0.3, 0.4) is 0 Å². The van der Waals surface area contributed by atoms with E-state index in [1.807, 2.05) is 0 Å². The number of benzene rings is 1. The minimum Gasteiger partial charge on any atom is -0.405 e. The lowest BCUT2D eigenvalue weighted by atomic mass is 10.1. The Labute approximate surface area is 95.4 Å². The molecular weight excluding hydrogens is 233 g/mol. The number of ether oxygens (including phenoxy) is 1. The minimum atomic E-state index is -4.72. The largest absolute Gasteiger partial charge is 0.573 e. The summed E-state index contributed by atoms with van der Waals surface area (Å²) < 4.78 is 40.5. The van der Waals surface area contributed by atoms with Crippen molar-refractivity contribution >= 4 is 5.71 Å². The van der Waals surface area contributed by atoms with Gasteiger partial charge in [0.15, 0.2) is 0 Å². The Balaban J connectivity index is 2.35. The molecule has 0 atom stereocenters. The van der Waals surface area contributed by atoms with Crippen LogP contribution in [-0.4, -0.2) is 18.6 Å². The average molecular weight is 242 g/mol. The van der Waals surface area contributed by atoms with Gasteiger partial charge < -0.3 is 10.5 Å². The Morgan fingerprint density at radius 1 is 1.24 bits per heavy atom. The number of hydrogen-bond donors (Lipinski definition) is 1. The molecule has 1 aliphatic heterocycles. The van der Waals surface area contributed by atoms with Crippen molar-refractivity contribution < 1.29 is 17.9 Å². The summed E-state index contributed by atoms with van der Waals surface area (Å²) in [5, 5.41) is 0. The second-order valence-electron chi connectivity index (χ2n) is 3.46. The topological polar surface area (TPSA) is 47.6 Å². The van der Waals surface area contributed by atoms with Gasteiger partial charge in [0.25, 0.3) is 0 Å². The monoisotopic (exact) mass is 242 g/mol. The predicted octanol–water partition coefficient (Wildman–Crippen LogP) is 2.23. The second-order valence-corrected chi connectivity index (χ2v) is 3.46. The molecule has 17 heavy (non-hydrogen) atoms. The summed E-state index contributed by atoms with van der Waals surface area (Å²) in [7, 11) is 0. The fourth-order valence-corrected chi connectivity index (χ4v) is 1.50. The van der Waals surface area contributed by atoms with Crippen LogP contribution in [0.25, 0.3) is 0 Å². The number of nitrogens with two attached hydrogens (primary N) is 1. The van der Waals surface area contributed by atoms with Crippen molar-refractivity contribution in [3.05, 3.63) is 41.6 Å². The molecule has 1 aromatic rings. The third-order valence-corrected chi connectivity index (χ3v) is 2.14. The van der Waals surface area contributed by atoms with Crippen LogP contribution in [0.15, 0.2) is 41.0 Å². The maximum absolute atomic E-state index is 12.2. The molecule has 0 saturated carbocycles. The number of allylic oxidation sites excluding steroid dienone is 1. The smallest absolute Gasteiger partial charge is 0.405 e. The molecule has 0 amide bonds. The van der Waals surface area contributed by atoms with Crippen molar-refractivity contribution in [2.45, 2.75) is 6.36 Å². The van der Waals surface area contributed by atoms with Crippen molar-refractivity contribution in [3.63, 3.8) is 0 Å². The van der Waals surface area contributed by atoms with Gasteiger partial charge in [-0.15, -0.1) is 13.2 Å². The van der Waals surface area contributed by atoms with E-state index in [0.717, 1.165) is 0 Å². The number of rotatable bonds is 2. The van der Waals surface area contributed by atoms with Gasteiger partial charge in [-0.3, -0.25) is 4.99 Å². The molecule has 0 aromatic heterocycles. The van der Waals surface area contributed by atoms with E-state index in [2.05, 4.69) is 9.73 Å². The van der Waals surface area contributed by atoms with Gasteiger partial charge in [0.05, 0.1) is 12.3 Å². The standard InChI is InChI=1S/C11H9F3N2O/c12-11(13,14)17-10-4-2-1-3-8(10)9-5-7(15)6-16-9/h1-5H,6,15H2. The van der Waals surface area contributed by atoms with Gasteiger partial charge >= 0.3 is 6.36 Å². The maximum Gasteiger partial charge on any atom is 0.573 e. The van der Waals surface area contributed by atoms with E-state index in [1.165, 1.54) is 18.2 Å². The highest BCUT2D eigenvalue weighted by atomic mass is 19.4. The third-order valence-electron chi connectivity index (χ3n) is 2.14. The second kappa shape index (κ2) is 4.12. The summed E-state index contributed by atoms with van der Waals surface area (Å²) in [4.78, 5) is 4.03. The highest BCUT2D eigenvalue weighted by molar-refractivity contribution is 6.12. The zero-order chi connectivity index (χ0) is 12.5. The molecule has 0 aliphatic carbocycles. The molecule has 0 spiro atoms. The summed E-state index contributed by atoms with van der Waals surface area (Å²) in [5.41, 5.74) is 6.73. The Morgan fingerprint density at radius 3 is 2.53 bits per heavy atom. The fourth-order valence-electron chi connectivity index (χ4n) is 1.50. The van der Waals surface area contributed by atoms with Crippen molar-refractivity contribution in [3.8, 4) is 5.75 Å². The lowest BCUT2D eigenvalue weighted by Crippen LogP contribution is -2.18. The van der Waals surface area contributed by atoms with Gasteiger partial charge in [-0.05, 0) is 18.2 Å². The summed E-state index contributed by atoms with van der Waals surface area (Å²) in [6.45, 7) is 0.301. The van der Waals surface area contributed by atoms with Gasteiger partial charge in [0.2, 0.25) is 0 Å². The highest BCUT2D eigenvalue weighted by Gasteiger charge is 2.32. The van der Waals surface area contributed by atoms with E-state index in [1.54, 1.807) is 12.1 Å². The normalized spacial score (nSPS) is 15.5. The molecule has 0 fully saturated rings. The van der Waals surface area contributed by atoms with Gasteiger partial charge in [0.1, 0.15) is 5.75 Å². The molecule has 1 heterocycles. The van der Waals surface area contributed by atoms with Gasteiger partial charge in [-0.2, -0.15) is 0 Å². The summed E-state index contributed by atoms with van der Waals surface area (Å²) in [6, 6.07) is 5.83. The molecule has 2 rings (SSSR count). The van der Waals surface area contributed by atoms with E-state index >= 15 is 0 Å². The van der Waals surface area contributed by atoms with Gasteiger partial charge in [-0.1, -0.05) is 12.1 Å². The van der Waals surface area contributed by atoms with Crippen molar-refractivity contribution in [1.29, 1.82) is 0 Å². The number of halogens is 3. The minimum absolute atomic E-state index is 0.273. The van der Waals surface area contributed by atoms with E-state index < -0.39 is 6.36 Å². The Kier molecular flexibility index (Phi) is 2.79. The number of nitrogens with zero attached hydrogens (tertiary/aromatic N) is 1. The van der Waals surface area contributed by atoms with E-state index in [9.17, 15) is 13.2 Å². The first-order valence-corrected chi connectivity index (χ1v) is 4.81. The molecule has 2 N–H and O–H groups in total. The van der Waals surface area contributed by atoms with E-state index in [0.29, 0.717) is 18.0 Å². The van der Waals surface area contributed by atoms with E-state index in [4.69, 9.17) is 5.73 Å². The molecule has 0 unspecified atom stereocenters. The molecule has 6 heteroatoms. The van der Waals surface area contributed by atoms with Crippen molar-refractivity contribution in [2.75, 3.05) is 6.54 Å². The lowest BCUT2D eigenvalue weighted by Gasteiger charge is -2.12. The molecule has 3 nitrogen and oxygen atoms in total. The van der Waals surface area contributed by atoms with Crippen molar-refractivity contribution in [1.82, 2.24) is 0 Å². The van der Waals surface area contributed by atoms with Crippen LogP contribution in [0.2, 0.25) is 0 Å². The fraction of sp³-hybridized carbons (Fsp3) is 0.182. The predicted molar refractivity (Wildman–Crippen MR) is 56.8 cm³/mol. The zero-order valence-corrected chi connectivity index (χ0v) is 8.66. The number of alkyl halides is 3. The van der Waals surface area contributed by atoms with Gasteiger partial charge in [-0.25, -0.2) is 0 Å². The lowest BCUT2D eigenvalue weighted by molar-refractivity contribution is -0.274. The van der Waals surface area contributed by atoms with Crippen LogP contribution in [0.1, 0.15) is 5.56 Å². The van der Waals surface area contributed by atoms with Crippen molar-refractivity contribution in [2.24, 2.45) is 10.7 Å². The Hall–Kier alpha value is -1.98. The molecule has 1 aromatic carbocycles. The number of hydrogen-bond acceptors (Lipinski definition) is 3. The first-order chi connectivity index (χ1) is 7.96. The summed E-state index contributed by atoms with van der Waals surface area (Å²) in [5.74, 6) is -0.273. The van der Waals surface area contributed by atoms with Crippen LogP contribution in [0.4, 0.5) is 13.2 Å². The van der Waals surface area contributed by atoms with Crippen LogP contribution in [0.5, 0.6) is 5.75 Å². The van der Waals surface area contributed by atoms with Crippen LogP contribution in [-0.2, 0) is 0 Å². The molecule has 0 bridgehead atoms. The quantitative estimate of drug-likeness (QED) is 0.864. The first-order valence-electron chi connectivity index (χ1n) is 4.81. The van der Waals surface area contributed by atoms with Crippen LogP contribution in [0, 0.1) is 0 Å². The van der Waals surface area contributed by atoms with Crippen LogP contribution >= 0.6 is 0 Å². The average Bonchev–Trinajstić information content (AvgIpc) is 2.63. The molecular formula is C11H9F3N2O. The molecule has 1 aliphatic rings. The number of para-hydroxylation sites is 1. The maximum atomic E-state index is 12.2. The highest BCUT2D eigenvalue weighted by Crippen LogP contribution is 2.27. The van der Waals surface area contributed by atoms with Gasteiger partial charge in [0, 0.05) is 11.3 Å². The Morgan fingerprint density at radius 2 is 1.94 bits per heavy atom. The summed E-state index contributed by atoms with van der Waals surface area (Å²) in [6.07, 6.45) is -3.18. The number of aliphatic imine (C=N–C) groups is 1. The SMILES string of the molecule is NC1=CC(c2ccccc2OC(F)(F)F)=NC1. The first kappa shape index (κ1) is 11.5. The Bertz CT molecular complexity index is 492. The molecule has 90 valence electrons. The molecule has 0 saturated heterocycles. The van der Waals surface area contributed by atoms with E-state index in [-0.39, 0.29) is 11.3 Å². The third kappa shape index (κ3) is 2.77. The summed E-state index contributed by atoms with van der Waals surface area (Å²) >= 11 is 0. The molecule has 0 radical (unpaired) electrons. The zero-order valence-electron chi connectivity index (χ0n) is 8.66. The van der Waals surface area contributed by atoms with Crippen LogP contribution < -0.4 is 10.5 Å².